The Bertz CT molecular complexity index is 343. The van der Waals surface area contributed by atoms with Crippen molar-refractivity contribution in [1.82, 2.24) is 14.9 Å². The molecule has 0 bridgehead atoms. The van der Waals surface area contributed by atoms with Crippen LogP contribution >= 0.6 is 0 Å². The lowest BCUT2D eigenvalue weighted by atomic mass is 11.0. The molecule has 0 radical (unpaired) electrons. The van der Waals surface area contributed by atoms with Crippen LogP contribution in [0.2, 0.25) is 0 Å². The fourth-order valence-corrected chi connectivity index (χ4v) is 0.506. The third-order valence-electron chi connectivity index (χ3n) is 0.929. The Balaban J connectivity index is 0.000000791. The maximum Gasteiger partial charge on any atom is 0.510 e. The second kappa shape index (κ2) is 4.63. The van der Waals surface area contributed by atoms with E-state index in [1.165, 1.54) is 0 Å². The van der Waals surface area contributed by atoms with Crippen molar-refractivity contribution in [3.05, 3.63) is 20.2 Å². The lowest BCUT2D eigenvalue weighted by Gasteiger charge is -1.86. The van der Waals surface area contributed by atoms with Gasteiger partial charge in [-0.3, -0.25) is 17.5 Å². The molecule has 0 aliphatic rings. The van der Waals surface area contributed by atoms with Crippen molar-refractivity contribution in [2.75, 3.05) is 5.84 Å². The summed E-state index contributed by atoms with van der Waals surface area (Å²) in [5.41, 5.74) is 0. The molecule has 0 aliphatic carbocycles. The molecular formula is C2H6N8O4. The van der Waals surface area contributed by atoms with Gasteiger partial charge in [0.15, 0.2) is 0 Å². The van der Waals surface area contributed by atoms with Crippen LogP contribution in [0.4, 0.5) is 11.9 Å². The van der Waals surface area contributed by atoms with Gasteiger partial charge in [0, 0.05) is 9.77 Å². The van der Waals surface area contributed by atoms with Crippen molar-refractivity contribution >= 4 is 11.9 Å². The van der Waals surface area contributed by atoms with E-state index in [9.17, 15) is 20.2 Å². The number of aromatic nitrogens is 3. The highest BCUT2D eigenvalue weighted by Gasteiger charge is 2.26. The second-order valence-electron chi connectivity index (χ2n) is 1.67. The molecule has 0 unspecified atom stereocenters. The Hall–Kier alpha value is -2.34. The highest BCUT2D eigenvalue weighted by Crippen LogP contribution is 2.09. The van der Waals surface area contributed by atoms with E-state index in [1.54, 1.807) is 0 Å². The molecule has 6 N–H and O–H groups in total. The molecule has 0 spiro atoms. The summed E-state index contributed by atoms with van der Waals surface area (Å²) in [4.78, 5) is 21.2. The van der Waals surface area contributed by atoms with Gasteiger partial charge in [0.2, 0.25) is 0 Å². The topological polar surface area (TPSA) is 195 Å². The van der Waals surface area contributed by atoms with Crippen molar-refractivity contribution in [1.29, 1.82) is 0 Å². The fourth-order valence-electron chi connectivity index (χ4n) is 0.506. The van der Waals surface area contributed by atoms with Gasteiger partial charge >= 0.3 is 11.9 Å². The van der Waals surface area contributed by atoms with E-state index in [1.807, 2.05) is 0 Å². The second-order valence-corrected chi connectivity index (χ2v) is 1.67. The third-order valence-corrected chi connectivity index (χ3v) is 0.929. The normalized spacial score (nSPS) is 8.71. The average Bonchev–Trinajstić information content (AvgIpc) is 2.51. The minimum Gasteiger partial charge on any atom is -0.390 e. The molecule has 0 saturated heterocycles. The van der Waals surface area contributed by atoms with Gasteiger partial charge in [-0.05, 0) is 9.85 Å². The first-order chi connectivity index (χ1) is 6.52. The largest absolute Gasteiger partial charge is 0.510 e. The zero-order valence-electron chi connectivity index (χ0n) is 6.60. The van der Waals surface area contributed by atoms with Crippen LogP contribution < -0.4 is 17.5 Å². The van der Waals surface area contributed by atoms with Crippen molar-refractivity contribution in [3.63, 3.8) is 0 Å². The Labute approximate surface area is 75.5 Å². The number of nitro groups is 2. The molecule has 0 atom stereocenters. The van der Waals surface area contributed by atoms with Gasteiger partial charge in [-0.1, -0.05) is 0 Å². The third kappa shape index (κ3) is 2.32. The highest BCUT2D eigenvalue weighted by atomic mass is 16.6. The predicted octanol–water partition coefficient (Wildman–Crippen LogP) is -2.37. The molecule has 0 saturated carbocycles. The molecule has 0 aliphatic heterocycles. The molecule has 12 nitrogen and oxygen atoms in total. The summed E-state index contributed by atoms with van der Waals surface area (Å²) in [5.74, 6) is 11.1. The van der Waals surface area contributed by atoms with Gasteiger partial charge in [0.25, 0.3) is 0 Å². The number of hydrazine groups is 1. The highest BCUT2D eigenvalue weighted by molar-refractivity contribution is 5.13. The molecule has 1 aromatic rings. The van der Waals surface area contributed by atoms with E-state index in [-0.39, 0.29) is 4.79 Å². The number of hydrogen-bond donors (Lipinski definition) is 3. The van der Waals surface area contributed by atoms with E-state index in [0.717, 1.165) is 0 Å². The quantitative estimate of drug-likeness (QED) is 0.269. The van der Waals surface area contributed by atoms with Gasteiger partial charge < -0.3 is 20.2 Å². The lowest BCUT2D eigenvalue weighted by Crippen LogP contribution is -2.13. The summed E-state index contributed by atoms with van der Waals surface area (Å²) >= 11 is 0. The zero-order valence-corrected chi connectivity index (χ0v) is 6.60. The molecule has 0 amide bonds. The monoisotopic (exact) mass is 206 g/mol. The smallest absolute Gasteiger partial charge is 0.390 e. The van der Waals surface area contributed by atoms with Crippen LogP contribution in [0, 0.1) is 20.2 Å². The standard InChI is InChI=1S/C2H2N6O4.H4N2/c3-6-2(8(11)12)4-1(5-6)7(9)10;1-2/h3H2;1-2H2. The Morgan fingerprint density at radius 1 is 1.21 bits per heavy atom. The van der Waals surface area contributed by atoms with Gasteiger partial charge in [-0.15, -0.1) is 0 Å². The van der Waals surface area contributed by atoms with Crippen LogP contribution in [0.5, 0.6) is 0 Å². The Morgan fingerprint density at radius 3 is 1.93 bits per heavy atom. The summed E-state index contributed by atoms with van der Waals surface area (Å²) in [6, 6.07) is 0. The first-order valence-corrected chi connectivity index (χ1v) is 2.86. The molecule has 12 heteroatoms. The van der Waals surface area contributed by atoms with Gasteiger partial charge in [-0.25, -0.2) is 0 Å². The van der Waals surface area contributed by atoms with E-state index in [0.29, 0.717) is 0 Å². The summed E-state index contributed by atoms with van der Waals surface area (Å²) in [7, 11) is 0. The predicted molar refractivity (Wildman–Crippen MR) is 41.9 cm³/mol. The lowest BCUT2D eigenvalue weighted by molar-refractivity contribution is -0.403. The van der Waals surface area contributed by atoms with E-state index in [2.05, 4.69) is 21.8 Å². The summed E-state index contributed by atoms with van der Waals surface area (Å²) < 4.78 is 0. The van der Waals surface area contributed by atoms with Crippen LogP contribution in [0.1, 0.15) is 0 Å². The minimum atomic E-state index is -0.976. The summed E-state index contributed by atoms with van der Waals surface area (Å²) in [5, 5.41) is 23.0. The Kier molecular flexibility index (Phi) is 3.85. The van der Waals surface area contributed by atoms with Crippen molar-refractivity contribution in [3.8, 4) is 0 Å². The van der Waals surface area contributed by atoms with Crippen LogP contribution in [-0.4, -0.2) is 24.7 Å². The van der Waals surface area contributed by atoms with Gasteiger partial charge in [-0.2, -0.15) is 0 Å². The number of hydrogen-bond acceptors (Lipinski definition) is 9. The first-order valence-electron chi connectivity index (χ1n) is 2.86. The number of nitrogen functional groups attached to an aromatic ring is 1. The molecule has 1 aromatic heterocycles. The van der Waals surface area contributed by atoms with Crippen LogP contribution in [-0.2, 0) is 0 Å². The van der Waals surface area contributed by atoms with E-state index in [4.69, 9.17) is 5.84 Å². The minimum absolute atomic E-state index is 0.234. The summed E-state index contributed by atoms with van der Waals surface area (Å²) in [6.07, 6.45) is 0. The molecule has 0 aromatic carbocycles. The van der Waals surface area contributed by atoms with Gasteiger partial charge in [0.05, 0.1) is 0 Å². The van der Waals surface area contributed by atoms with Crippen molar-refractivity contribution < 1.29 is 9.85 Å². The molecule has 14 heavy (non-hydrogen) atoms. The number of nitrogens with zero attached hydrogens (tertiary/aromatic N) is 5. The molecule has 0 fully saturated rings. The van der Waals surface area contributed by atoms with Crippen LogP contribution in [0.15, 0.2) is 0 Å². The Morgan fingerprint density at radius 2 is 1.71 bits per heavy atom. The van der Waals surface area contributed by atoms with Crippen LogP contribution in [0.3, 0.4) is 0 Å². The van der Waals surface area contributed by atoms with Gasteiger partial charge in [0.1, 0.15) is 5.10 Å². The first kappa shape index (κ1) is 11.7. The maximum atomic E-state index is 10.0. The van der Waals surface area contributed by atoms with Crippen molar-refractivity contribution in [2.24, 2.45) is 11.7 Å². The average molecular weight is 206 g/mol. The number of rotatable bonds is 2. The van der Waals surface area contributed by atoms with E-state index >= 15 is 0 Å². The number of nitrogens with two attached hydrogens (primary N) is 3. The maximum absolute atomic E-state index is 10.0. The summed E-state index contributed by atoms with van der Waals surface area (Å²) in [6.45, 7) is 0. The van der Waals surface area contributed by atoms with Crippen LogP contribution in [0.25, 0.3) is 0 Å². The zero-order chi connectivity index (χ0) is 11.3. The molecule has 78 valence electrons. The fraction of sp³-hybridized carbons (Fsp3) is 0. The van der Waals surface area contributed by atoms with Crippen molar-refractivity contribution in [2.45, 2.75) is 0 Å². The molecule has 1 rings (SSSR count). The molecular weight excluding hydrogens is 200 g/mol. The SMILES string of the molecule is NN.Nn1nc([N+](=O)[O-])nc1[N+](=O)[O-]. The van der Waals surface area contributed by atoms with E-state index < -0.39 is 21.7 Å². The molecule has 1 heterocycles.